The number of rotatable bonds is 5. The highest BCUT2D eigenvalue weighted by atomic mass is 79.9. The highest BCUT2D eigenvalue weighted by Crippen LogP contribution is 2.30. The van der Waals surface area contributed by atoms with Crippen molar-refractivity contribution in [2.75, 3.05) is 10.8 Å². The Labute approximate surface area is 131 Å². The Bertz CT molecular complexity index is 747. The van der Waals surface area contributed by atoms with Crippen molar-refractivity contribution in [1.82, 2.24) is 0 Å². The van der Waals surface area contributed by atoms with Crippen LogP contribution in [0.1, 0.15) is 0 Å². The molecule has 0 aliphatic rings. The van der Waals surface area contributed by atoms with Gasteiger partial charge in [-0.25, -0.2) is 8.42 Å². The van der Waals surface area contributed by atoms with E-state index in [0.717, 1.165) is 4.31 Å². The third kappa shape index (κ3) is 3.43. The third-order valence-corrected chi connectivity index (χ3v) is 5.18. The summed E-state index contributed by atoms with van der Waals surface area (Å²) in [6.07, 6.45) is 0. The van der Waals surface area contributed by atoms with E-state index in [1.807, 2.05) is 0 Å². The first kappa shape index (κ1) is 15.5. The van der Waals surface area contributed by atoms with Gasteiger partial charge in [-0.15, -0.1) is 0 Å². The van der Waals surface area contributed by atoms with Gasteiger partial charge in [-0.2, -0.15) is 0 Å². The molecule has 1 N–H and O–H groups in total. The van der Waals surface area contributed by atoms with Gasteiger partial charge in [0.25, 0.3) is 10.0 Å². The number of benzene rings is 2. The molecule has 21 heavy (non-hydrogen) atoms. The standard InChI is InChI=1S/C14H12BrNO4S/c15-12-8-4-5-9-13(12)16(10-14(17)18)21(19,20)11-6-2-1-3-7-11/h1-9H,10H2,(H,17,18). The molecule has 110 valence electrons. The number of hydrogen-bond acceptors (Lipinski definition) is 3. The van der Waals surface area contributed by atoms with Crippen LogP contribution >= 0.6 is 15.9 Å². The molecule has 5 nitrogen and oxygen atoms in total. The lowest BCUT2D eigenvalue weighted by molar-refractivity contribution is -0.135. The van der Waals surface area contributed by atoms with E-state index < -0.39 is 22.5 Å². The van der Waals surface area contributed by atoms with Gasteiger partial charge < -0.3 is 5.11 Å². The number of carboxylic acids is 1. The summed E-state index contributed by atoms with van der Waals surface area (Å²) in [5, 5.41) is 9.02. The van der Waals surface area contributed by atoms with Gasteiger partial charge in [-0.3, -0.25) is 9.10 Å². The first-order valence-electron chi connectivity index (χ1n) is 5.97. The molecule has 0 saturated carbocycles. The molecule has 0 aliphatic carbocycles. The Hall–Kier alpha value is -1.86. The Kier molecular flexibility index (Phi) is 4.64. The Morgan fingerprint density at radius 1 is 1.05 bits per heavy atom. The number of hydrogen-bond donors (Lipinski definition) is 1. The lowest BCUT2D eigenvalue weighted by Gasteiger charge is -2.23. The first-order valence-corrected chi connectivity index (χ1v) is 8.20. The number of carboxylic acid groups (broad SMARTS) is 1. The minimum absolute atomic E-state index is 0.0435. The number of halogens is 1. The predicted octanol–water partition coefficient (Wildman–Crippen LogP) is 2.73. The number of sulfonamides is 1. The summed E-state index contributed by atoms with van der Waals surface area (Å²) in [6.45, 7) is -0.653. The van der Waals surface area contributed by atoms with Crippen LogP contribution in [-0.2, 0) is 14.8 Å². The van der Waals surface area contributed by atoms with E-state index in [1.165, 1.54) is 12.1 Å². The van der Waals surface area contributed by atoms with Crippen LogP contribution in [0.4, 0.5) is 5.69 Å². The first-order chi connectivity index (χ1) is 9.93. The molecule has 0 radical (unpaired) electrons. The molecule has 0 amide bonds. The van der Waals surface area contributed by atoms with Crippen LogP contribution in [0.3, 0.4) is 0 Å². The van der Waals surface area contributed by atoms with Gasteiger partial charge in [0.05, 0.1) is 10.6 Å². The summed E-state index contributed by atoms with van der Waals surface area (Å²) in [6, 6.07) is 14.3. The van der Waals surface area contributed by atoms with Crippen LogP contribution in [0, 0.1) is 0 Å². The summed E-state index contributed by atoms with van der Waals surface area (Å²) in [7, 11) is -3.95. The fourth-order valence-corrected chi connectivity index (χ4v) is 3.87. The fraction of sp³-hybridized carbons (Fsp3) is 0.0714. The predicted molar refractivity (Wildman–Crippen MR) is 82.8 cm³/mol. The summed E-state index contributed by atoms with van der Waals surface area (Å²) in [5.41, 5.74) is 0.281. The second-order valence-electron chi connectivity index (χ2n) is 4.17. The van der Waals surface area contributed by atoms with Crippen molar-refractivity contribution < 1.29 is 18.3 Å². The number of nitrogens with zero attached hydrogens (tertiary/aromatic N) is 1. The zero-order valence-corrected chi connectivity index (χ0v) is 13.2. The van der Waals surface area contributed by atoms with Crippen LogP contribution in [-0.4, -0.2) is 26.0 Å². The van der Waals surface area contributed by atoms with Crippen molar-refractivity contribution >= 4 is 37.6 Å². The SMILES string of the molecule is O=C(O)CN(c1ccccc1Br)S(=O)(=O)c1ccccc1. The smallest absolute Gasteiger partial charge is 0.324 e. The van der Waals surface area contributed by atoms with Crippen molar-refractivity contribution in [2.45, 2.75) is 4.90 Å². The lowest BCUT2D eigenvalue weighted by Crippen LogP contribution is -2.36. The van der Waals surface area contributed by atoms with Gasteiger partial charge in [0.2, 0.25) is 0 Å². The Morgan fingerprint density at radius 2 is 1.62 bits per heavy atom. The average Bonchev–Trinajstić information content (AvgIpc) is 2.46. The van der Waals surface area contributed by atoms with E-state index in [1.54, 1.807) is 42.5 Å². The molecule has 0 aromatic heterocycles. The summed E-state index contributed by atoms with van der Waals surface area (Å²) >= 11 is 3.25. The molecule has 0 aliphatic heterocycles. The van der Waals surface area contributed by atoms with Crippen LogP contribution in [0.2, 0.25) is 0 Å². The monoisotopic (exact) mass is 369 g/mol. The van der Waals surface area contributed by atoms with Crippen molar-refractivity contribution in [2.24, 2.45) is 0 Å². The van der Waals surface area contributed by atoms with E-state index in [9.17, 15) is 13.2 Å². The molecule has 0 unspecified atom stereocenters. The molecule has 0 saturated heterocycles. The average molecular weight is 370 g/mol. The Morgan fingerprint density at radius 3 is 2.19 bits per heavy atom. The summed E-state index contributed by atoms with van der Waals surface area (Å²) < 4.78 is 26.7. The summed E-state index contributed by atoms with van der Waals surface area (Å²) in [4.78, 5) is 11.1. The molecule has 0 fully saturated rings. The van der Waals surface area contributed by atoms with E-state index in [2.05, 4.69) is 15.9 Å². The van der Waals surface area contributed by atoms with Crippen molar-refractivity contribution in [3.63, 3.8) is 0 Å². The highest BCUT2D eigenvalue weighted by Gasteiger charge is 2.28. The maximum atomic E-state index is 12.7. The largest absolute Gasteiger partial charge is 0.480 e. The van der Waals surface area contributed by atoms with Gasteiger partial charge >= 0.3 is 5.97 Å². The van der Waals surface area contributed by atoms with Gasteiger partial charge in [-0.1, -0.05) is 30.3 Å². The molecular weight excluding hydrogens is 358 g/mol. The van der Waals surface area contributed by atoms with Crippen LogP contribution < -0.4 is 4.31 Å². The molecule has 0 spiro atoms. The topological polar surface area (TPSA) is 74.7 Å². The maximum absolute atomic E-state index is 12.7. The summed E-state index contributed by atoms with van der Waals surface area (Å²) in [5.74, 6) is -1.23. The van der Waals surface area contributed by atoms with E-state index in [4.69, 9.17) is 5.11 Å². The third-order valence-electron chi connectivity index (χ3n) is 2.73. The normalized spacial score (nSPS) is 11.1. The zero-order chi connectivity index (χ0) is 15.5. The quantitative estimate of drug-likeness (QED) is 0.878. The van der Waals surface area contributed by atoms with Crippen molar-refractivity contribution in [3.8, 4) is 0 Å². The molecule has 0 atom stereocenters. The van der Waals surface area contributed by atoms with Crippen LogP contribution in [0.25, 0.3) is 0 Å². The van der Waals surface area contributed by atoms with E-state index in [0.29, 0.717) is 4.47 Å². The zero-order valence-electron chi connectivity index (χ0n) is 10.8. The molecule has 2 aromatic rings. The number of anilines is 1. The molecule has 0 heterocycles. The van der Waals surface area contributed by atoms with Gasteiger partial charge in [0.15, 0.2) is 0 Å². The number of aliphatic carboxylic acids is 1. The van der Waals surface area contributed by atoms with E-state index in [-0.39, 0.29) is 10.6 Å². The minimum Gasteiger partial charge on any atom is -0.480 e. The maximum Gasteiger partial charge on any atom is 0.324 e. The van der Waals surface area contributed by atoms with Crippen molar-refractivity contribution in [1.29, 1.82) is 0 Å². The van der Waals surface area contributed by atoms with E-state index >= 15 is 0 Å². The molecular formula is C14H12BrNO4S. The number of carbonyl (C=O) groups is 1. The molecule has 0 bridgehead atoms. The second kappa shape index (κ2) is 6.28. The molecule has 7 heteroatoms. The van der Waals surface area contributed by atoms with Crippen molar-refractivity contribution in [3.05, 3.63) is 59.1 Å². The molecule has 2 rings (SSSR count). The highest BCUT2D eigenvalue weighted by molar-refractivity contribution is 9.10. The van der Waals surface area contributed by atoms with Crippen LogP contribution in [0.5, 0.6) is 0 Å². The Balaban J connectivity index is 2.56. The van der Waals surface area contributed by atoms with Crippen LogP contribution in [0.15, 0.2) is 64.0 Å². The second-order valence-corrected chi connectivity index (χ2v) is 6.89. The van der Waals surface area contributed by atoms with Gasteiger partial charge in [0, 0.05) is 4.47 Å². The fourth-order valence-electron chi connectivity index (χ4n) is 1.80. The lowest BCUT2D eigenvalue weighted by atomic mass is 10.3. The molecule has 2 aromatic carbocycles. The van der Waals surface area contributed by atoms with Gasteiger partial charge in [-0.05, 0) is 40.2 Å². The van der Waals surface area contributed by atoms with Gasteiger partial charge in [0.1, 0.15) is 6.54 Å². The number of para-hydroxylation sites is 1. The minimum atomic E-state index is -3.95.